The van der Waals surface area contributed by atoms with Gasteiger partial charge in [0.15, 0.2) is 0 Å². The van der Waals surface area contributed by atoms with E-state index in [-0.39, 0.29) is 46.3 Å². The number of pyridine rings is 1. The number of ether oxygens (including phenoxy) is 2. The summed E-state index contributed by atoms with van der Waals surface area (Å²) < 4.78 is 11.9. The van der Waals surface area contributed by atoms with Crippen LogP contribution in [0.3, 0.4) is 0 Å². The lowest BCUT2D eigenvalue weighted by Crippen LogP contribution is -2.65. The van der Waals surface area contributed by atoms with Gasteiger partial charge < -0.3 is 9.47 Å². The maximum Gasteiger partial charge on any atom is 0.303 e. The molecule has 5 rings (SSSR count). The van der Waals surface area contributed by atoms with Crippen molar-refractivity contribution < 1.29 is 23.9 Å². The predicted molar refractivity (Wildman–Crippen MR) is 122 cm³/mol. The Hall–Kier alpha value is -1.95. The van der Waals surface area contributed by atoms with E-state index in [4.69, 9.17) is 26.1 Å². The topological polar surface area (TPSA) is 82.6 Å². The summed E-state index contributed by atoms with van der Waals surface area (Å²) >= 11 is 6.29. The van der Waals surface area contributed by atoms with Crippen LogP contribution in [-0.4, -0.2) is 34.9 Å². The zero-order valence-corrected chi connectivity index (χ0v) is 20.5. The summed E-state index contributed by atoms with van der Waals surface area (Å²) in [5.74, 6) is -0.260. The molecule has 3 fully saturated rings. The van der Waals surface area contributed by atoms with E-state index in [2.05, 4.69) is 19.9 Å². The largest absolute Gasteiger partial charge is 0.458 e. The molecule has 1 aromatic rings. The van der Waals surface area contributed by atoms with E-state index < -0.39 is 18.2 Å². The SMILES string of the molecule is CC(=O)O[C@H]1[C@H](OC(C)=O)[C@H]2CC(=O)CC[C@]2(C)[C@H]2CC[C@]3(C)c4nc(Cl)ccc4C[C@H]3[C@H]12. The summed E-state index contributed by atoms with van der Waals surface area (Å²) in [5, 5.41) is 0.494. The van der Waals surface area contributed by atoms with E-state index in [9.17, 15) is 14.4 Å². The second-order valence-electron chi connectivity index (χ2n) is 11.1. The molecule has 8 atom stereocenters. The molecule has 3 saturated carbocycles. The van der Waals surface area contributed by atoms with Crippen molar-refractivity contribution in [1.29, 1.82) is 0 Å². The van der Waals surface area contributed by atoms with E-state index in [1.54, 1.807) is 0 Å². The van der Waals surface area contributed by atoms with Crippen molar-refractivity contribution in [1.82, 2.24) is 4.98 Å². The highest BCUT2D eigenvalue weighted by atomic mass is 35.5. The number of ketones is 1. The average molecular weight is 474 g/mol. The van der Waals surface area contributed by atoms with Crippen LogP contribution in [0, 0.1) is 29.1 Å². The van der Waals surface area contributed by atoms with Gasteiger partial charge in [0.1, 0.15) is 23.1 Å². The van der Waals surface area contributed by atoms with Crippen LogP contribution in [-0.2, 0) is 35.7 Å². The first-order chi connectivity index (χ1) is 15.5. The number of hydrogen-bond acceptors (Lipinski definition) is 6. The number of fused-ring (bicyclic) bond motifs is 7. The number of aromatic nitrogens is 1. The number of carbonyl (C=O) groups excluding carboxylic acids is 3. The van der Waals surface area contributed by atoms with E-state index in [1.807, 2.05) is 6.07 Å². The second-order valence-corrected chi connectivity index (χ2v) is 11.5. The zero-order valence-electron chi connectivity index (χ0n) is 19.7. The Balaban J connectivity index is 1.64. The van der Waals surface area contributed by atoms with Crippen molar-refractivity contribution in [2.75, 3.05) is 0 Å². The fourth-order valence-electron chi connectivity index (χ4n) is 8.03. The molecule has 0 spiro atoms. The summed E-state index contributed by atoms with van der Waals surface area (Å²) in [6.45, 7) is 7.32. The van der Waals surface area contributed by atoms with E-state index >= 15 is 0 Å². The highest BCUT2D eigenvalue weighted by Gasteiger charge is 2.66. The molecule has 7 heteroatoms. The smallest absolute Gasteiger partial charge is 0.303 e. The van der Waals surface area contributed by atoms with Gasteiger partial charge in [-0.15, -0.1) is 0 Å². The first-order valence-electron chi connectivity index (χ1n) is 12.1. The third-order valence-corrected chi connectivity index (χ3v) is 9.65. The summed E-state index contributed by atoms with van der Waals surface area (Å²) in [6.07, 6.45) is 3.27. The minimum Gasteiger partial charge on any atom is -0.458 e. The summed E-state index contributed by atoms with van der Waals surface area (Å²) in [5.41, 5.74) is 1.91. The fourth-order valence-corrected chi connectivity index (χ4v) is 8.18. The van der Waals surface area contributed by atoms with Crippen molar-refractivity contribution in [3.05, 3.63) is 28.5 Å². The molecule has 0 aliphatic heterocycles. The first-order valence-corrected chi connectivity index (χ1v) is 12.4. The van der Waals surface area contributed by atoms with Crippen LogP contribution in [0.15, 0.2) is 12.1 Å². The molecule has 1 heterocycles. The van der Waals surface area contributed by atoms with Gasteiger partial charge in [0.25, 0.3) is 0 Å². The van der Waals surface area contributed by atoms with Gasteiger partial charge in [-0.3, -0.25) is 14.4 Å². The van der Waals surface area contributed by atoms with Gasteiger partial charge in [0, 0.05) is 43.9 Å². The van der Waals surface area contributed by atoms with Gasteiger partial charge in [-0.25, -0.2) is 4.98 Å². The molecule has 0 radical (unpaired) electrons. The maximum atomic E-state index is 12.5. The predicted octanol–water partition coefficient (Wildman–Crippen LogP) is 4.44. The summed E-state index contributed by atoms with van der Waals surface area (Å²) in [6, 6.07) is 3.91. The minimum atomic E-state index is -0.621. The molecule has 0 N–H and O–H groups in total. The minimum absolute atomic E-state index is 0.0134. The zero-order chi connectivity index (χ0) is 23.7. The number of halogens is 1. The highest BCUT2D eigenvalue weighted by molar-refractivity contribution is 6.29. The molecule has 0 aromatic carbocycles. The number of Topliss-reactive ketones (excluding diaryl/α,β-unsaturated/α-hetero) is 1. The van der Waals surface area contributed by atoms with Crippen molar-refractivity contribution in [3.8, 4) is 0 Å². The first kappa shape index (κ1) is 22.8. The fraction of sp³-hybridized carbons (Fsp3) is 0.692. The number of rotatable bonds is 2. The lowest BCUT2D eigenvalue weighted by Gasteiger charge is -2.62. The number of esters is 2. The number of carbonyl (C=O) groups is 3. The van der Waals surface area contributed by atoms with E-state index in [0.717, 1.165) is 31.4 Å². The highest BCUT2D eigenvalue weighted by Crippen LogP contribution is 2.66. The van der Waals surface area contributed by atoms with Gasteiger partial charge in [-0.1, -0.05) is 31.5 Å². The molecular weight excluding hydrogens is 442 g/mol. The van der Waals surface area contributed by atoms with Gasteiger partial charge in [0.05, 0.1) is 5.69 Å². The lowest BCUT2D eigenvalue weighted by atomic mass is 9.43. The monoisotopic (exact) mass is 473 g/mol. The van der Waals surface area contributed by atoms with Gasteiger partial charge in [0.2, 0.25) is 0 Å². The van der Waals surface area contributed by atoms with Crippen molar-refractivity contribution in [2.45, 2.75) is 83.8 Å². The normalized spacial score (nSPS) is 41.3. The molecule has 33 heavy (non-hydrogen) atoms. The quantitative estimate of drug-likeness (QED) is 0.466. The molecule has 0 unspecified atom stereocenters. The van der Waals surface area contributed by atoms with Crippen molar-refractivity contribution in [2.24, 2.45) is 29.1 Å². The Kier molecular flexibility index (Phi) is 5.39. The van der Waals surface area contributed by atoms with Gasteiger partial charge in [-0.2, -0.15) is 0 Å². The third-order valence-electron chi connectivity index (χ3n) is 9.44. The maximum absolute atomic E-state index is 12.5. The molecule has 0 amide bonds. The molecule has 4 aliphatic rings. The Morgan fingerprint density at radius 2 is 1.70 bits per heavy atom. The van der Waals surface area contributed by atoms with Gasteiger partial charge in [-0.05, 0) is 54.6 Å². The average Bonchev–Trinajstić information content (AvgIpc) is 3.03. The Labute approximate surface area is 199 Å². The summed E-state index contributed by atoms with van der Waals surface area (Å²) in [4.78, 5) is 41.8. The van der Waals surface area contributed by atoms with Crippen LogP contribution >= 0.6 is 11.6 Å². The molecule has 1 aromatic heterocycles. The lowest BCUT2D eigenvalue weighted by molar-refractivity contribution is -0.229. The molecule has 6 nitrogen and oxygen atoms in total. The van der Waals surface area contributed by atoms with Gasteiger partial charge >= 0.3 is 11.9 Å². The van der Waals surface area contributed by atoms with E-state index in [1.165, 1.54) is 19.4 Å². The Bertz CT molecular complexity index is 1030. The van der Waals surface area contributed by atoms with Crippen LogP contribution in [0.1, 0.15) is 71.1 Å². The van der Waals surface area contributed by atoms with Crippen LogP contribution < -0.4 is 0 Å². The molecule has 0 bridgehead atoms. The van der Waals surface area contributed by atoms with Crippen LogP contribution in [0.2, 0.25) is 5.15 Å². The number of hydrogen-bond donors (Lipinski definition) is 0. The second kappa shape index (κ2) is 7.79. The summed E-state index contributed by atoms with van der Waals surface area (Å²) in [7, 11) is 0. The molecule has 0 saturated heterocycles. The van der Waals surface area contributed by atoms with Crippen LogP contribution in [0.25, 0.3) is 0 Å². The third kappa shape index (κ3) is 3.43. The Morgan fingerprint density at radius 3 is 2.39 bits per heavy atom. The van der Waals surface area contributed by atoms with Crippen molar-refractivity contribution >= 4 is 29.3 Å². The molecular formula is C26H32ClNO5. The molecule has 4 aliphatic carbocycles. The number of nitrogens with zero attached hydrogens (tertiary/aromatic N) is 1. The van der Waals surface area contributed by atoms with Crippen LogP contribution in [0.5, 0.6) is 0 Å². The Morgan fingerprint density at radius 1 is 1.00 bits per heavy atom. The molecule has 178 valence electrons. The van der Waals surface area contributed by atoms with Crippen LogP contribution in [0.4, 0.5) is 0 Å². The van der Waals surface area contributed by atoms with E-state index in [0.29, 0.717) is 18.0 Å². The van der Waals surface area contributed by atoms with Crippen molar-refractivity contribution in [3.63, 3.8) is 0 Å². The standard InChI is InChI=1S/C26H32ClNO5/c1-13(29)32-22-19-12-16(31)7-9-25(19,3)17-8-10-26(4)18(21(17)23(22)33-14(2)30)11-15-5-6-20(27)28-24(15)26/h5-6,17-19,21-23H,7-12H2,1-4H3/t17-,18-,19+,21+,22+,23+,25+,26-/m0/s1.